The lowest BCUT2D eigenvalue weighted by Crippen LogP contribution is -2.32. The van der Waals surface area contributed by atoms with Crippen LogP contribution in [0.2, 0.25) is 0 Å². The first-order valence-corrected chi connectivity index (χ1v) is 10.5. The van der Waals surface area contributed by atoms with Crippen LogP contribution in [0.25, 0.3) is 11.6 Å². The second-order valence-corrected chi connectivity index (χ2v) is 7.85. The Morgan fingerprint density at radius 1 is 1.22 bits per heavy atom. The highest BCUT2D eigenvalue weighted by Gasteiger charge is 2.30. The minimum Gasteiger partial charge on any atom is -0.493 e. The summed E-state index contributed by atoms with van der Waals surface area (Å²) in [6, 6.07) is 7.42. The second-order valence-electron chi connectivity index (χ2n) is 7.85. The van der Waals surface area contributed by atoms with Crippen LogP contribution in [0.1, 0.15) is 65.2 Å². The smallest absolute Gasteiger partial charge is 0.287 e. The maximum Gasteiger partial charge on any atom is 0.287 e. The number of ether oxygens (including phenoxy) is 1. The largest absolute Gasteiger partial charge is 0.493 e. The average Bonchev–Trinajstić information content (AvgIpc) is 3.18. The Kier molecular flexibility index (Phi) is 6.98. The molecule has 1 N–H and O–H groups in total. The molecule has 0 spiro atoms. The first-order chi connectivity index (χ1) is 15.3. The molecule has 1 aliphatic heterocycles. The summed E-state index contributed by atoms with van der Waals surface area (Å²) in [6.07, 6.45) is 4.77. The number of carbonyl (C=O) groups excluding carboxylic acids is 1. The van der Waals surface area contributed by atoms with Crippen molar-refractivity contribution in [3.8, 4) is 5.75 Å². The molecule has 3 rings (SSSR count). The molecule has 0 fully saturated rings. The number of hydrogen-bond acceptors (Lipinski definition) is 3. The van der Waals surface area contributed by atoms with E-state index in [0.717, 1.165) is 11.3 Å². The minimum absolute atomic E-state index is 0.0437. The van der Waals surface area contributed by atoms with E-state index < -0.39 is 5.83 Å². The molecule has 0 radical (unpaired) electrons. The van der Waals surface area contributed by atoms with Gasteiger partial charge in [-0.15, -0.1) is 0 Å². The number of halogens is 1. The highest BCUT2D eigenvalue weighted by atomic mass is 19.1. The van der Waals surface area contributed by atoms with E-state index in [4.69, 9.17) is 9.15 Å². The number of carbonyl (C=O) groups is 1. The van der Waals surface area contributed by atoms with Gasteiger partial charge in [-0.05, 0) is 18.1 Å². The van der Waals surface area contributed by atoms with E-state index in [2.05, 4.69) is 31.6 Å². The molecule has 1 aromatic carbocycles. The number of fused-ring (bicyclic) bond motifs is 1. The molecular formula is C27H28FNO3. The third kappa shape index (κ3) is 4.37. The number of furan rings is 1. The molecule has 1 aromatic heterocycles. The first kappa shape index (κ1) is 23.1. The van der Waals surface area contributed by atoms with Crippen LogP contribution in [-0.4, -0.2) is 12.5 Å². The number of hydrogen-bond donors (Lipinski definition) is 1. The zero-order chi connectivity index (χ0) is 23.4. The van der Waals surface area contributed by atoms with Crippen molar-refractivity contribution < 1.29 is 18.3 Å². The van der Waals surface area contributed by atoms with E-state index >= 15 is 0 Å². The maximum absolute atomic E-state index is 14.3. The zero-order valence-electron chi connectivity index (χ0n) is 18.5. The molecule has 1 atom stereocenters. The van der Waals surface area contributed by atoms with E-state index in [0.29, 0.717) is 24.2 Å². The number of nitrogens with one attached hydrogen (secondary N) is 1. The third-order valence-electron chi connectivity index (χ3n) is 5.43. The van der Waals surface area contributed by atoms with Crippen molar-refractivity contribution in [3.05, 3.63) is 102 Å². The summed E-state index contributed by atoms with van der Waals surface area (Å²) in [5.74, 6) is 0.222. The fraction of sp³-hybridized carbons (Fsp3) is 0.222. The van der Waals surface area contributed by atoms with E-state index in [9.17, 15) is 9.18 Å². The number of amides is 1. The van der Waals surface area contributed by atoms with Gasteiger partial charge in [0.1, 0.15) is 17.3 Å². The van der Waals surface area contributed by atoms with Crippen LogP contribution >= 0.6 is 0 Å². The third-order valence-corrected chi connectivity index (χ3v) is 5.43. The summed E-state index contributed by atoms with van der Waals surface area (Å²) >= 11 is 0. The molecule has 0 saturated carbocycles. The SMILES string of the molecule is C=C/C=C(/F)C(=C)C(=C)c1oc(C(=O)N[C@H]2CCOc3ccccc32)c(C(C)C)c1C=C. The van der Waals surface area contributed by atoms with E-state index in [1.54, 1.807) is 6.08 Å². The molecule has 0 bridgehead atoms. The van der Waals surface area contributed by atoms with Gasteiger partial charge in [-0.25, -0.2) is 4.39 Å². The van der Waals surface area contributed by atoms with Gasteiger partial charge in [-0.1, -0.05) is 70.5 Å². The fourth-order valence-corrected chi connectivity index (χ4v) is 3.83. The van der Waals surface area contributed by atoms with Crippen molar-refractivity contribution >= 4 is 17.6 Å². The molecule has 2 aromatic rings. The molecule has 5 heteroatoms. The summed E-state index contributed by atoms with van der Waals surface area (Å²) in [5, 5.41) is 3.06. The average molecular weight is 434 g/mol. The summed E-state index contributed by atoms with van der Waals surface area (Å²) in [5.41, 5.74) is 2.52. The van der Waals surface area contributed by atoms with Crippen molar-refractivity contribution in [1.29, 1.82) is 0 Å². The summed E-state index contributed by atoms with van der Waals surface area (Å²) < 4.78 is 26.0. The van der Waals surface area contributed by atoms with Crippen LogP contribution in [0.3, 0.4) is 0 Å². The Bertz CT molecular complexity index is 1120. The quantitative estimate of drug-likeness (QED) is 0.460. The Balaban J connectivity index is 2.00. The molecule has 1 amide bonds. The first-order valence-electron chi connectivity index (χ1n) is 10.5. The van der Waals surface area contributed by atoms with Gasteiger partial charge in [0.05, 0.1) is 12.6 Å². The molecule has 4 nitrogen and oxygen atoms in total. The van der Waals surface area contributed by atoms with Crippen molar-refractivity contribution in [2.24, 2.45) is 0 Å². The van der Waals surface area contributed by atoms with Crippen molar-refractivity contribution in [2.45, 2.75) is 32.2 Å². The van der Waals surface area contributed by atoms with Crippen LogP contribution in [-0.2, 0) is 0 Å². The standard InChI is InChI=1S/C27H28FNO3/c1-7-11-21(28)17(5)18(6)25-19(8-2)24(16(3)4)26(32-25)27(30)29-22-14-15-31-23-13-10-9-12-20(22)23/h7-13,16,22H,1-2,5-6,14-15H2,3-4H3,(H,29,30)/b21-11+/t22-/m0/s1. The Morgan fingerprint density at radius 3 is 2.59 bits per heavy atom. The van der Waals surface area contributed by atoms with Gasteiger partial charge in [0, 0.05) is 34.3 Å². The highest BCUT2D eigenvalue weighted by molar-refractivity contribution is 5.96. The predicted molar refractivity (Wildman–Crippen MR) is 127 cm³/mol. The summed E-state index contributed by atoms with van der Waals surface area (Å²) in [7, 11) is 0. The molecule has 0 aliphatic carbocycles. The van der Waals surface area contributed by atoms with Gasteiger partial charge < -0.3 is 14.5 Å². The lowest BCUT2D eigenvalue weighted by atomic mass is 9.93. The fourth-order valence-electron chi connectivity index (χ4n) is 3.83. The number of benzene rings is 1. The van der Waals surface area contributed by atoms with E-state index in [1.165, 1.54) is 12.2 Å². The number of allylic oxidation sites excluding steroid dienone is 5. The lowest BCUT2D eigenvalue weighted by molar-refractivity contribution is 0.0894. The van der Waals surface area contributed by atoms with Gasteiger partial charge in [0.15, 0.2) is 5.76 Å². The van der Waals surface area contributed by atoms with Crippen LogP contribution in [0.15, 0.2) is 78.6 Å². The molecule has 2 heterocycles. The van der Waals surface area contributed by atoms with Crippen molar-refractivity contribution in [1.82, 2.24) is 5.32 Å². The van der Waals surface area contributed by atoms with Crippen LogP contribution < -0.4 is 10.1 Å². The summed E-state index contributed by atoms with van der Waals surface area (Å²) in [6.45, 7) is 19.5. The Hall–Kier alpha value is -3.60. The van der Waals surface area contributed by atoms with Crippen molar-refractivity contribution in [2.75, 3.05) is 6.61 Å². The molecule has 0 saturated heterocycles. The second kappa shape index (κ2) is 9.69. The maximum atomic E-state index is 14.3. The van der Waals surface area contributed by atoms with Crippen LogP contribution in [0.4, 0.5) is 4.39 Å². The van der Waals surface area contributed by atoms with Crippen LogP contribution in [0.5, 0.6) is 5.75 Å². The van der Waals surface area contributed by atoms with Crippen LogP contribution in [0, 0.1) is 0 Å². The van der Waals surface area contributed by atoms with E-state index in [-0.39, 0.29) is 40.5 Å². The van der Waals surface area contributed by atoms with E-state index in [1.807, 2.05) is 38.1 Å². The van der Waals surface area contributed by atoms with Gasteiger partial charge >= 0.3 is 0 Å². The number of para-hydroxylation sites is 1. The Morgan fingerprint density at radius 2 is 1.94 bits per heavy atom. The molecule has 32 heavy (non-hydrogen) atoms. The summed E-state index contributed by atoms with van der Waals surface area (Å²) in [4.78, 5) is 13.3. The Labute approximate surface area is 188 Å². The minimum atomic E-state index is -0.577. The van der Waals surface area contributed by atoms with Gasteiger partial charge in [-0.2, -0.15) is 0 Å². The zero-order valence-corrected chi connectivity index (χ0v) is 18.5. The topological polar surface area (TPSA) is 51.5 Å². The molecule has 1 aliphatic rings. The van der Waals surface area contributed by atoms with Gasteiger partial charge in [0.2, 0.25) is 0 Å². The predicted octanol–water partition coefficient (Wildman–Crippen LogP) is 6.91. The van der Waals surface area contributed by atoms with Gasteiger partial charge in [0.25, 0.3) is 5.91 Å². The molecule has 166 valence electrons. The molecule has 0 unspecified atom stereocenters. The number of rotatable bonds is 8. The normalized spacial score (nSPS) is 15.5. The van der Waals surface area contributed by atoms with Crippen molar-refractivity contribution in [3.63, 3.8) is 0 Å². The monoisotopic (exact) mass is 433 g/mol. The van der Waals surface area contributed by atoms with Gasteiger partial charge in [-0.3, -0.25) is 4.79 Å². The lowest BCUT2D eigenvalue weighted by Gasteiger charge is -2.26. The molecular weight excluding hydrogens is 405 g/mol. The highest BCUT2D eigenvalue weighted by Crippen LogP contribution is 2.38.